The molecule has 2 heterocycles. The highest BCUT2D eigenvalue weighted by atomic mass is 32.1. The van der Waals surface area contributed by atoms with Crippen molar-refractivity contribution in [3.8, 4) is 21.7 Å². The number of aromatic nitrogens is 2. The van der Waals surface area contributed by atoms with Gasteiger partial charge in [0.1, 0.15) is 5.82 Å². The zero-order valence-electron chi connectivity index (χ0n) is 16.9. The number of allylic oxidation sites excluding steroid dienone is 2. The second-order valence-electron chi connectivity index (χ2n) is 7.30. The fourth-order valence-electron chi connectivity index (χ4n) is 3.51. The van der Waals surface area contributed by atoms with Gasteiger partial charge in [0.2, 0.25) is 0 Å². The summed E-state index contributed by atoms with van der Waals surface area (Å²) in [5.41, 5.74) is 4.27. The molecule has 29 heavy (non-hydrogen) atoms. The van der Waals surface area contributed by atoms with E-state index in [1.807, 2.05) is 12.3 Å². The molecule has 0 spiro atoms. The van der Waals surface area contributed by atoms with Crippen molar-refractivity contribution < 1.29 is 0 Å². The molecule has 0 unspecified atom stereocenters. The SMILES string of the molecule is C=C[C@]1(Nc2cc(-c3sc(CC)nc3-c3cccc(C)c3)ccn2)C=CC=CC1. The molecule has 4 rings (SSSR count). The Bertz CT molecular complexity index is 1090. The highest BCUT2D eigenvalue weighted by molar-refractivity contribution is 7.15. The summed E-state index contributed by atoms with van der Waals surface area (Å²) >= 11 is 1.76. The lowest BCUT2D eigenvalue weighted by atomic mass is 9.91. The number of thiazole rings is 1. The summed E-state index contributed by atoms with van der Waals surface area (Å²) in [4.78, 5) is 10.7. The molecule has 1 N–H and O–H groups in total. The molecule has 3 aromatic rings. The Morgan fingerprint density at radius 2 is 2.10 bits per heavy atom. The Balaban J connectivity index is 1.73. The zero-order chi connectivity index (χ0) is 20.3. The first-order valence-corrected chi connectivity index (χ1v) is 10.7. The summed E-state index contributed by atoms with van der Waals surface area (Å²) in [7, 11) is 0. The molecule has 0 aliphatic heterocycles. The second kappa shape index (κ2) is 8.18. The minimum atomic E-state index is -0.304. The van der Waals surface area contributed by atoms with Crippen LogP contribution < -0.4 is 5.32 Å². The standard InChI is InChI=1S/C25H25N3S/c1-4-22-27-23(19-11-9-10-18(3)16-19)24(29-22)20-12-15-26-21(17-20)28-25(5-2)13-7-6-8-14-25/h5-13,15-17H,2,4,14H2,1,3H3,(H,26,28)/t25-/m0/s1. The molecule has 0 saturated heterocycles. The third-order valence-electron chi connectivity index (χ3n) is 5.11. The van der Waals surface area contributed by atoms with E-state index in [-0.39, 0.29) is 5.54 Å². The first-order chi connectivity index (χ1) is 14.1. The Morgan fingerprint density at radius 3 is 2.83 bits per heavy atom. The van der Waals surface area contributed by atoms with E-state index in [1.165, 1.54) is 10.4 Å². The van der Waals surface area contributed by atoms with Gasteiger partial charge in [0.15, 0.2) is 0 Å². The molecule has 1 atom stereocenters. The van der Waals surface area contributed by atoms with Gasteiger partial charge in [-0.05, 0) is 43.5 Å². The van der Waals surface area contributed by atoms with E-state index in [0.29, 0.717) is 0 Å². The number of rotatable bonds is 6. The van der Waals surface area contributed by atoms with Gasteiger partial charge in [0.25, 0.3) is 0 Å². The molecule has 4 heteroatoms. The summed E-state index contributed by atoms with van der Waals surface area (Å²) in [6.07, 6.45) is 14.0. The van der Waals surface area contributed by atoms with E-state index < -0.39 is 0 Å². The van der Waals surface area contributed by atoms with E-state index in [1.54, 1.807) is 11.3 Å². The maximum absolute atomic E-state index is 4.93. The predicted octanol–water partition coefficient (Wildman–Crippen LogP) is 6.60. The number of nitrogens with zero attached hydrogens (tertiary/aromatic N) is 2. The van der Waals surface area contributed by atoms with Crippen LogP contribution in [0.4, 0.5) is 5.82 Å². The number of anilines is 1. The van der Waals surface area contributed by atoms with E-state index in [0.717, 1.165) is 40.5 Å². The van der Waals surface area contributed by atoms with Crippen molar-refractivity contribution in [2.75, 3.05) is 5.32 Å². The number of hydrogen-bond acceptors (Lipinski definition) is 4. The lowest BCUT2D eigenvalue weighted by molar-refractivity contribution is 0.712. The van der Waals surface area contributed by atoms with Crippen LogP contribution in [0.15, 0.2) is 79.6 Å². The monoisotopic (exact) mass is 399 g/mol. The molecule has 146 valence electrons. The number of aryl methyl sites for hydroxylation is 2. The van der Waals surface area contributed by atoms with Crippen molar-refractivity contribution in [3.05, 3.63) is 90.1 Å². The largest absolute Gasteiger partial charge is 0.357 e. The Labute approximate surface area is 176 Å². The van der Waals surface area contributed by atoms with E-state index in [9.17, 15) is 0 Å². The van der Waals surface area contributed by atoms with Crippen LogP contribution in [0.5, 0.6) is 0 Å². The zero-order valence-corrected chi connectivity index (χ0v) is 17.7. The Hall–Kier alpha value is -2.98. The number of hydrogen-bond donors (Lipinski definition) is 1. The van der Waals surface area contributed by atoms with E-state index in [4.69, 9.17) is 4.98 Å². The Kier molecular flexibility index (Phi) is 5.45. The molecule has 0 fully saturated rings. The average molecular weight is 400 g/mol. The van der Waals surface area contributed by atoms with Crippen LogP contribution in [-0.2, 0) is 6.42 Å². The quantitative estimate of drug-likeness (QED) is 0.475. The van der Waals surface area contributed by atoms with Gasteiger partial charge in [-0.1, -0.05) is 61.1 Å². The third-order valence-corrected chi connectivity index (χ3v) is 6.36. The minimum absolute atomic E-state index is 0.304. The highest BCUT2D eigenvalue weighted by Crippen LogP contribution is 2.38. The third kappa shape index (κ3) is 4.08. The average Bonchev–Trinajstić information content (AvgIpc) is 3.19. The molecular weight excluding hydrogens is 374 g/mol. The maximum atomic E-state index is 4.93. The summed E-state index contributed by atoms with van der Waals surface area (Å²) in [6.45, 7) is 8.29. The number of benzene rings is 1. The predicted molar refractivity (Wildman–Crippen MR) is 124 cm³/mol. The van der Waals surface area contributed by atoms with Crippen molar-refractivity contribution in [1.82, 2.24) is 9.97 Å². The van der Waals surface area contributed by atoms with Crippen molar-refractivity contribution in [1.29, 1.82) is 0 Å². The lowest BCUT2D eigenvalue weighted by Gasteiger charge is -2.29. The van der Waals surface area contributed by atoms with Gasteiger partial charge in [0, 0.05) is 11.8 Å². The molecular formula is C25H25N3S. The summed E-state index contributed by atoms with van der Waals surface area (Å²) in [6, 6.07) is 12.7. The minimum Gasteiger partial charge on any atom is -0.357 e. The molecule has 1 aliphatic carbocycles. The molecule has 0 bridgehead atoms. The normalized spacial score (nSPS) is 18.0. The van der Waals surface area contributed by atoms with Crippen molar-refractivity contribution in [3.63, 3.8) is 0 Å². The maximum Gasteiger partial charge on any atom is 0.127 e. The summed E-state index contributed by atoms with van der Waals surface area (Å²) in [5, 5.41) is 4.70. The number of nitrogens with one attached hydrogen (secondary N) is 1. The van der Waals surface area contributed by atoms with Gasteiger partial charge in [-0.3, -0.25) is 0 Å². The van der Waals surface area contributed by atoms with Crippen molar-refractivity contribution >= 4 is 17.2 Å². The van der Waals surface area contributed by atoms with Gasteiger partial charge in [0.05, 0.1) is 21.1 Å². The smallest absolute Gasteiger partial charge is 0.127 e. The van der Waals surface area contributed by atoms with Crippen molar-refractivity contribution in [2.24, 2.45) is 0 Å². The first kappa shape index (κ1) is 19.3. The van der Waals surface area contributed by atoms with Crippen LogP contribution in [0.1, 0.15) is 23.9 Å². The molecule has 2 aromatic heterocycles. The van der Waals surface area contributed by atoms with Crippen molar-refractivity contribution in [2.45, 2.75) is 32.2 Å². The molecule has 0 amide bonds. The number of pyridine rings is 1. The fourth-order valence-corrected chi connectivity index (χ4v) is 4.53. The second-order valence-corrected chi connectivity index (χ2v) is 8.38. The van der Waals surface area contributed by atoms with Crippen LogP contribution in [0.2, 0.25) is 0 Å². The fraction of sp³-hybridized carbons (Fsp3) is 0.200. The molecule has 0 saturated carbocycles. The highest BCUT2D eigenvalue weighted by Gasteiger charge is 2.24. The van der Waals surface area contributed by atoms with Gasteiger partial charge in [-0.2, -0.15) is 0 Å². The summed E-state index contributed by atoms with van der Waals surface area (Å²) in [5.74, 6) is 0.837. The molecule has 1 aromatic carbocycles. The lowest BCUT2D eigenvalue weighted by Crippen LogP contribution is -2.34. The van der Waals surface area contributed by atoms with Gasteiger partial charge >= 0.3 is 0 Å². The van der Waals surface area contributed by atoms with Crippen LogP contribution in [0.25, 0.3) is 21.7 Å². The molecule has 3 nitrogen and oxygen atoms in total. The van der Waals surface area contributed by atoms with Crippen LogP contribution in [0.3, 0.4) is 0 Å². The topological polar surface area (TPSA) is 37.8 Å². The van der Waals surface area contributed by atoms with E-state index >= 15 is 0 Å². The first-order valence-electron chi connectivity index (χ1n) is 9.92. The van der Waals surface area contributed by atoms with E-state index in [2.05, 4.69) is 91.4 Å². The Morgan fingerprint density at radius 1 is 1.21 bits per heavy atom. The van der Waals surface area contributed by atoms with Gasteiger partial charge in [-0.25, -0.2) is 9.97 Å². The van der Waals surface area contributed by atoms with Crippen LogP contribution >= 0.6 is 11.3 Å². The molecule has 1 aliphatic rings. The summed E-state index contributed by atoms with van der Waals surface area (Å²) < 4.78 is 0. The van der Waals surface area contributed by atoms with Gasteiger partial charge in [-0.15, -0.1) is 17.9 Å². The van der Waals surface area contributed by atoms with Crippen LogP contribution in [-0.4, -0.2) is 15.5 Å². The molecule has 0 radical (unpaired) electrons. The van der Waals surface area contributed by atoms with Gasteiger partial charge < -0.3 is 5.32 Å². The van der Waals surface area contributed by atoms with Crippen LogP contribution in [0, 0.1) is 6.92 Å².